The summed E-state index contributed by atoms with van der Waals surface area (Å²) in [4.78, 5) is 12.1. The highest BCUT2D eigenvalue weighted by Crippen LogP contribution is 2.26. The average molecular weight is 289 g/mol. The Balaban J connectivity index is 2.15. The van der Waals surface area contributed by atoms with Crippen LogP contribution in [0.2, 0.25) is 5.02 Å². The predicted octanol–water partition coefficient (Wildman–Crippen LogP) is 3.72. The van der Waals surface area contributed by atoms with Crippen LogP contribution in [0.5, 0.6) is 0 Å². The lowest BCUT2D eigenvalue weighted by atomic mass is 10.1. The molecule has 0 fully saturated rings. The van der Waals surface area contributed by atoms with Crippen molar-refractivity contribution in [2.24, 2.45) is 0 Å². The molecule has 0 heterocycles. The summed E-state index contributed by atoms with van der Waals surface area (Å²) in [6, 6.07) is 11.0. The molecule has 1 amide bonds. The molecule has 20 heavy (non-hydrogen) atoms. The maximum atomic E-state index is 12.1. The van der Waals surface area contributed by atoms with Crippen molar-refractivity contribution >= 4 is 28.9 Å². The van der Waals surface area contributed by atoms with Crippen LogP contribution in [0.25, 0.3) is 0 Å². The molecule has 4 heteroatoms. The smallest absolute Gasteiger partial charge is 0.228 e. The van der Waals surface area contributed by atoms with E-state index in [0.717, 1.165) is 16.7 Å². The van der Waals surface area contributed by atoms with Gasteiger partial charge < -0.3 is 11.1 Å². The Hall–Kier alpha value is -2.00. The standard InChI is InChI=1S/C16H17ClN2O/c1-10-6-7-14(18)16(11(10)2)19-15(20)9-12-4-3-5-13(17)8-12/h3-8H,9,18H2,1-2H3,(H,19,20). The van der Waals surface area contributed by atoms with Gasteiger partial charge in [0.2, 0.25) is 5.91 Å². The van der Waals surface area contributed by atoms with E-state index in [1.807, 2.05) is 32.0 Å². The van der Waals surface area contributed by atoms with Gasteiger partial charge in [0.05, 0.1) is 17.8 Å². The maximum absolute atomic E-state index is 12.1. The number of nitrogen functional groups attached to an aromatic ring is 1. The summed E-state index contributed by atoms with van der Waals surface area (Å²) in [5, 5.41) is 3.51. The SMILES string of the molecule is Cc1ccc(N)c(NC(=O)Cc2cccc(Cl)c2)c1C. The molecule has 0 atom stereocenters. The fourth-order valence-electron chi connectivity index (χ4n) is 2.02. The second-order valence-corrected chi connectivity index (χ2v) is 5.26. The van der Waals surface area contributed by atoms with Crippen LogP contribution in [-0.4, -0.2) is 5.91 Å². The van der Waals surface area contributed by atoms with Crippen LogP contribution in [0.15, 0.2) is 36.4 Å². The first-order chi connectivity index (χ1) is 9.47. The quantitative estimate of drug-likeness (QED) is 0.846. The summed E-state index contributed by atoms with van der Waals surface area (Å²) >= 11 is 5.91. The van der Waals surface area contributed by atoms with Gasteiger partial charge in [-0.25, -0.2) is 0 Å². The van der Waals surface area contributed by atoms with Crippen LogP contribution in [0.4, 0.5) is 11.4 Å². The lowest BCUT2D eigenvalue weighted by Gasteiger charge is -2.13. The number of nitrogens with one attached hydrogen (secondary N) is 1. The highest BCUT2D eigenvalue weighted by Gasteiger charge is 2.10. The summed E-state index contributed by atoms with van der Waals surface area (Å²) in [6.07, 6.45) is 0.271. The predicted molar refractivity (Wildman–Crippen MR) is 84.1 cm³/mol. The second kappa shape index (κ2) is 5.97. The summed E-state index contributed by atoms with van der Waals surface area (Å²) < 4.78 is 0. The van der Waals surface area contributed by atoms with Crippen LogP contribution in [-0.2, 0) is 11.2 Å². The highest BCUT2D eigenvalue weighted by molar-refractivity contribution is 6.30. The Morgan fingerprint density at radius 3 is 2.70 bits per heavy atom. The molecule has 2 aromatic carbocycles. The Bertz CT molecular complexity index is 653. The Morgan fingerprint density at radius 1 is 1.25 bits per heavy atom. The number of nitrogens with two attached hydrogens (primary N) is 1. The molecular formula is C16H17ClN2O. The zero-order chi connectivity index (χ0) is 14.7. The van der Waals surface area contributed by atoms with Crippen molar-refractivity contribution < 1.29 is 4.79 Å². The van der Waals surface area contributed by atoms with Gasteiger partial charge in [-0.1, -0.05) is 29.8 Å². The van der Waals surface area contributed by atoms with Crippen molar-refractivity contribution in [3.05, 3.63) is 58.1 Å². The molecule has 3 N–H and O–H groups in total. The number of hydrogen-bond acceptors (Lipinski definition) is 2. The molecule has 0 aliphatic carbocycles. The Kier molecular flexibility index (Phi) is 4.30. The van der Waals surface area contributed by atoms with E-state index in [-0.39, 0.29) is 12.3 Å². The van der Waals surface area contributed by atoms with Crippen LogP contribution < -0.4 is 11.1 Å². The zero-order valence-electron chi connectivity index (χ0n) is 11.5. The minimum absolute atomic E-state index is 0.104. The third-order valence-electron chi connectivity index (χ3n) is 3.29. The number of benzene rings is 2. The molecule has 0 aliphatic rings. The normalized spacial score (nSPS) is 10.3. The second-order valence-electron chi connectivity index (χ2n) is 4.83. The largest absolute Gasteiger partial charge is 0.397 e. The summed E-state index contributed by atoms with van der Waals surface area (Å²) in [6.45, 7) is 3.93. The van der Waals surface area contributed by atoms with E-state index in [4.69, 9.17) is 17.3 Å². The minimum Gasteiger partial charge on any atom is -0.397 e. The number of halogens is 1. The van der Waals surface area contributed by atoms with Crippen LogP contribution >= 0.6 is 11.6 Å². The molecular weight excluding hydrogens is 272 g/mol. The molecule has 104 valence electrons. The van der Waals surface area contributed by atoms with Gasteiger partial charge in [-0.2, -0.15) is 0 Å². The van der Waals surface area contributed by atoms with Crippen LogP contribution in [0.1, 0.15) is 16.7 Å². The molecule has 0 unspecified atom stereocenters. The maximum Gasteiger partial charge on any atom is 0.228 e. The van der Waals surface area contributed by atoms with Gasteiger partial charge in [-0.3, -0.25) is 4.79 Å². The van der Waals surface area contributed by atoms with E-state index in [1.54, 1.807) is 18.2 Å². The number of carbonyl (C=O) groups excluding carboxylic acids is 1. The van der Waals surface area contributed by atoms with Crippen molar-refractivity contribution in [2.45, 2.75) is 20.3 Å². The van der Waals surface area contributed by atoms with E-state index in [9.17, 15) is 4.79 Å². The first-order valence-corrected chi connectivity index (χ1v) is 6.75. The van der Waals surface area contributed by atoms with Crippen molar-refractivity contribution in [2.75, 3.05) is 11.1 Å². The molecule has 0 radical (unpaired) electrons. The van der Waals surface area contributed by atoms with Gasteiger partial charge in [-0.15, -0.1) is 0 Å². The van der Waals surface area contributed by atoms with Gasteiger partial charge in [0.25, 0.3) is 0 Å². The molecule has 3 nitrogen and oxygen atoms in total. The van der Waals surface area contributed by atoms with Gasteiger partial charge in [0.1, 0.15) is 0 Å². The van der Waals surface area contributed by atoms with Gasteiger partial charge in [0, 0.05) is 5.02 Å². The van der Waals surface area contributed by atoms with Crippen LogP contribution in [0, 0.1) is 13.8 Å². The van der Waals surface area contributed by atoms with Crippen LogP contribution in [0.3, 0.4) is 0 Å². The third kappa shape index (κ3) is 3.31. The molecule has 0 saturated carbocycles. The Morgan fingerprint density at radius 2 is 2.00 bits per heavy atom. The first kappa shape index (κ1) is 14.4. The number of hydrogen-bond donors (Lipinski definition) is 2. The van der Waals surface area contributed by atoms with E-state index >= 15 is 0 Å². The fraction of sp³-hybridized carbons (Fsp3) is 0.188. The fourth-order valence-corrected chi connectivity index (χ4v) is 2.23. The van der Waals surface area contributed by atoms with Crippen molar-refractivity contribution in [1.29, 1.82) is 0 Å². The van der Waals surface area contributed by atoms with Gasteiger partial charge in [-0.05, 0) is 48.7 Å². The first-order valence-electron chi connectivity index (χ1n) is 6.37. The summed E-state index contributed by atoms with van der Waals surface area (Å²) in [5.74, 6) is -0.104. The monoisotopic (exact) mass is 288 g/mol. The van der Waals surface area contributed by atoms with Crippen molar-refractivity contribution in [1.82, 2.24) is 0 Å². The molecule has 0 spiro atoms. The Labute approximate surface area is 123 Å². The molecule has 0 saturated heterocycles. The summed E-state index contributed by atoms with van der Waals surface area (Å²) in [7, 11) is 0. The lowest BCUT2D eigenvalue weighted by Crippen LogP contribution is -2.16. The zero-order valence-corrected chi connectivity index (χ0v) is 12.3. The topological polar surface area (TPSA) is 55.1 Å². The highest BCUT2D eigenvalue weighted by atomic mass is 35.5. The number of amides is 1. The molecule has 0 aromatic heterocycles. The molecule has 0 bridgehead atoms. The number of rotatable bonds is 3. The molecule has 0 aliphatic heterocycles. The van der Waals surface area contributed by atoms with Gasteiger partial charge in [0.15, 0.2) is 0 Å². The summed E-state index contributed by atoms with van der Waals surface area (Å²) in [5.41, 5.74) is 10.1. The number of carbonyl (C=O) groups is 1. The van der Waals surface area contributed by atoms with E-state index < -0.39 is 0 Å². The number of aryl methyl sites for hydroxylation is 1. The average Bonchev–Trinajstić information content (AvgIpc) is 2.39. The van der Waals surface area contributed by atoms with Gasteiger partial charge >= 0.3 is 0 Å². The van der Waals surface area contributed by atoms with E-state index in [2.05, 4.69) is 5.32 Å². The lowest BCUT2D eigenvalue weighted by molar-refractivity contribution is -0.115. The van der Waals surface area contributed by atoms with Crippen molar-refractivity contribution in [3.8, 4) is 0 Å². The number of anilines is 2. The van der Waals surface area contributed by atoms with Crippen molar-refractivity contribution in [3.63, 3.8) is 0 Å². The molecule has 2 aromatic rings. The van der Waals surface area contributed by atoms with E-state index in [1.165, 1.54) is 0 Å². The van der Waals surface area contributed by atoms with E-state index in [0.29, 0.717) is 16.4 Å². The minimum atomic E-state index is -0.104. The molecule has 2 rings (SSSR count). The third-order valence-corrected chi connectivity index (χ3v) is 3.52.